The quantitative estimate of drug-likeness (QED) is 0.809. The molecule has 0 bridgehead atoms. The summed E-state index contributed by atoms with van der Waals surface area (Å²) in [6.45, 7) is 0.987. The first-order valence-electron chi connectivity index (χ1n) is 6.11. The van der Waals surface area contributed by atoms with Crippen molar-refractivity contribution in [1.29, 1.82) is 0 Å². The zero-order chi connectivity index (χ0) is 14.0. The highest BCUT2D eigenvalue weighted by Crippen LogP contribution is 2.28. The zero-order valence-corrected chi connectivity index (χ0v) is 12.8. The van der Waals surface area contributed by atoms with Gasteiger partial charge in [-0.3, -0.25) is 0 Å². The molecule has 0 saturated carbocycles. The van der Waals surface area contributed by atoms with Crippen LogP contribution in [0, 0.1) is 5.92 Å². The van der Waals surface area contributed by atoms with Gasteiger partial charge in [-0.1, -0.05) is 15.9 Å². The minimum Gasteiger partial charge on any atom is -0.398 e. The number of aliphatic hydroxyl groups is 1. The molecule has 0 spiro atoms. The number of aliphatic hydroxyl groups excluding tert-OH is 1. The zero-order valence-electron chi connectivity index (χ0n) is 10.4. The van der Waals surface area contributed by atoms with Crippen LogP contribution in [0.3, 0.4) is 0 Å². The van der Waals surface area contributed by atoms with Gasteiger partial charge in [-0.25, -0.2) is 8.42 Å². The molecule has 0 atom stereocenters. The number of benzene rings is 1. The summed E-state index contributed by atoms with van der Waals surface area (Å²) in [6.07, 6.45) is 1.37. The Bertz CT molecular complexity index is 554. The van der Waals surface area contributed by atoms with Gasteiger partial charge in [0.05, 0.1) is 5.69 Å². The first-order valence-corrected chi connectivity index (χ1v) is 8.34. The number of nitrogens with zero attached hydrogens (tertiary/aromatic N) is 1. The van der Waals surface area contributed by atoms with E-state index in [-0.39, 0.29) is 23.1 Å². The highest BCUT2D eigenvalue weighted by molar-refractivity contribution is 9.10. The fraction of sp³-hybridized carbons (Fsp3) is 0.500. The Kier molecular flexibility index (Phi) is 4.50. The fourth-order valence-corrected chi connectivity index (χ4v) is 4.17. The van der Waals surface area contributed by atoms with Crippen molar-refractivity contribution in [3.8, 4) is 0 Å². The molecule has 0 amide bonds. The second-order valence-corrected chi connectivity index (χ2v) is 7.53. The summed E-state index contributed by atoms with van der Waals surface area (Å²) >= 11 is 3.26. The first-order chi connectivity index (χ1) is 8.95. The fourth-order valence-electron chi connectivity index (χ4n) is 2.23. The largest absolute Gasteiger partial charge is 0.398 e. The van der Waals surface area contributed by atoms with Gasteiger partial charge >= 0.3 is 0 Å². The molecule has 5 nitrogen and oxygen atoms in total. The van der Waals surface area contributed by atoms with E-state index >= 15 is 0 Å². The van der Waals surface area contributed by atoms with Crippen molar-refractivity contribution in [2.24, 2.45) is 5.92 Å². The normalized spacial score (nSPS) is 18.6. The summed E-state index contributed by atoms with van der Waals surface area (Å²) in [6, 6.07) is 4.78. The van der Waals surface area contributed by atoms with Crippen molar-refractivity contribution in [3.05, 3.63) is 22.7 Å². The second kappa shape index (κ2) is 5.78. The van der Waals surface area contributed by atoms with Crippen molar-refractivity contribution in [1.82, 2.24) is 4.31 Å². The van der Waals surface area contributed by atoms with Gasteiger partial charge in [0.15, 0.2) is 0 Å². The molecule has 7 heteroatoms. The third kappa shape index (κ3) is 3.10. The number of hydrogen-bond donors (Lipinski definition) is 2. The molecule has 19 heavy (non-hydrogen) atoms. The maximum absolute atomic E-state index is 12.5. The average molecular weight is 349 g/mol. The molecule has 1 heterocycles. The Balaban J connectivity index is 2.23. The predicted molar refractivity (Wildman–Crippen MR) is 77.1 cm³/mol. The Labute approximate surface area is 121 Å². The summed E-state index contributed by atoms with van der Waals surface area (Å²) < 4.78 is 27.2. The molecule has 1 fully saturated rings. The van der Waals surface area contributed by atoms with Crippen LogP contribution in [0.4, 0.5) is 5.69 Å². The van der Waals surface area contributed by atoms with E-state index in [4.69, 9.17) is 10.8 Å². The van der Waals surface area contributed by atoms with Crippen LogP contribution in [0.5, 0.6) is 0 Å². The predicted octanol–water partition coefficient (Wildman–Crippen LogP) is 1.42. The molecule has 0 radical (unpaired) electrons. The molecular weight excluding hydrogens is 332 g/mol. The van der Waals surface area contributed by atoms with Crippen LogP contribution >= 0.6 is 15.9 Å². The average Bonchev–Trinajstić information content (AvgIpc) is 2.38. The van der Waals surface area contributed by atoms with Gasteiger partial charge in [0.25, 0.3) is 0 Å². The molecule has 1 saturated heterocycles. The van der Waals surface area contributed by atoms with Gasteiger partial charge in [0.2, 0.25) is 10.0 Å². The van der Waals surface area contributed by atoms with Crippen LogP contribution < -0.4 is 5.73 Å². The minimum absolute atomic E-state index is 0.119. The number of sulfonamides is 1. The number of rotatable bonds is 3. The summed E-state index contributed by atoms with van der Waals surface area (Å²) in [5, 5.41) is 9.08. The number of nitrogens with two attached hydrogens (primary N) is 1. The molecule has 0 aliphatic carbocycles. The molecule has 3 N–H and O–H groups in total. The van der Waals surface area contributed by atoms with Crippen molar-refractivity contribution < 1.29 is 13.5 Å². The van der Waals surface area contributed by atoms with E-state index < -0.39 is 10.0 Å². The number of piperidine rings is 1. The van der Waals surface area contributed by atoms with Crippen LogP contribution in [0.25, 0.3) is 0 Å². The lowest BCUT2D eigenvalue weighted by atomic mass is 10.00. The second-order valence-electron chi connectivity index (χ2n) is 4.71. The van der Waals surface area contributed by atoms with Crippen LogP contribution in [0.1, 0.15) is 12.8 Å². The number of nitrogen functional groups attached to an aromatic ring is 1. The van der Waals surface area contributed by atoms with Gasteiger partial charge in [0, 0.05) is 24.2 Å². The Hall–Kier alpha value is -0.630. The van der Waals surface area contributed by atoms with Gasteiger partial charge in [0.1, 0.15) is 4.90 Å². The van der Waals surface area contributed by atoms with Gasteiger partial charge in [-0.2, -0.15) is 4.31 Å². The van der Waals surface area contributed by atoms with Crippen molar-refractivity contribution >= 4 is 31.6 Å². The lowest BCUT2D eigenvalue weighted by Gasteiger charge is -2.30. The van der Waals surface area contributed by atoms with Crippen molar-refractivity contribution in [2.75, 3.05) is 25.4 Å². The summed E-state index contributed by atoms with van der Waals surface area (Å²) in [5.41, 5.74) is 6.04. The van der Waals surface area contributed by atoms with E-state index in [1.165, 1.54) is 10.4 Å². The molecule has 1 aliphatic heterocycles. The molecule has 0 aromatic heterocycles. The van der Waals surface area contributed by atoms with Crippen LogP contribution in [0.15, 0.2) is 27.6 Å². The highest BCUT2D eigenvalue weighted by Gasteiger charge is 2.30. The highest BCUT2D eigenvalue weighted by atomic mass is 79.9. The van der Waals surface area contributed by atoms with Gasteiger partial charge in [-0.15, -0.1) is 0 Å². The number of halogens is 1. The molecular formula is C12H17BrN2O3S. The SMILES string of the molecule is Nc1cc(Br)ccc1S(=O)(=O)N1CCC(CO)CC1. The molecule has 106 valence electrons. The Morgan fingerprint density at radius 2 is 2.00 bits per heavy atom. The van der Waals surface area contributed by atoms with E-state index in [9.17, 15) is 8.42 Å². The lowest BCUT2D eigenvalue weighted by molar-refractivity contribution is 0.170. The topological polar surface area (TPSA) is 83.6 Å². The number of anilines is 1. The van der Waals surface area contributed by atoms with Crippen LogP contribution in [-0.2, 0) is 10.0 Å². The van der Waals surface area contributed by atoms with Gasteiger partial charge in [-0.05, 0) is 37.0 Å². The third-order valence-corrected chi connectivity index (χ3v) is 5.89. The lowest BCUT2D eigenvalue weighted by Crippen LogP contribution is -2.39. The smallest absolute Gasteiger partial charge is 0.245 e. The summed E-state index contributed by atoms with van der Waals surface area (Å²) in [5.74, 6) is 0.203. The maximum Gasteiger partial charge on any atom is 0.245 e. The van der Waals surface area contributed by atoms with Crippen molar-refractivity contribution in [3.63, 3.8) is 0 Å². The first kappa shape index (κ1) is 14.8. The van der Waals surface area contributed by atoms with E-state index in [1.54, 1.807) is 12.1 Å². The molecule has 0 unspecified atom stereocenters. The molecule has 1 aromatic rings. The van der Waals surface area contributed by atoms with E-state index in [0.717, 1.165) is 4.47 Å². The van der Waals surface area contributed by atoms with E-state index in [0.29, 0.717) is 25.9 Å². The Morgan fingerprint density at radius 1 is 1.37 bits per heavy atom. The standard InChI is InChI=1S/C12H17BrN2O3S/c13-10-1-2-12(11(14)7-10)19(17,18)15-5-3-9(8-16)4-6-15/h1-2,7,9,16H,3-6,8,14H2. The van der Waals surface area contributed by atoms with Crippen LogP contribution in [0.2, 0.25) is 0 Å². The summed E-state index contributed by atoms with van der Waals surface area (Å²) in [7, 11) is -3.54. The monoisotopic (exact) mass is 348 g/mol. The van der Waals surface area contributed by atoms with Crippen molar-refractivity contribution in [2.45, 2.75) is 17.7 Å². The summed E-state index contributed by atoms with van der Waals surface area (Å²) in [4.78, 5) is 0.151. The van der Waals surface area contributed by atoms with E-state index in [2.05, 4.69) is 15.9 Å². The minimum atomic E-state index is -3.54. The molecule has 1 aliphatic rings. The molecule has 1 aromatic carbocycles. The van der Waals surface area contributed by atoms with Gasteiger partial charge < -0.3 is 10.8 Å². The van der Waals surface area contributed by atoms with E-state index in [1.807, 2.05) is 0 Å². The maximum atomic E-state index is 12.5. The Morgan fingerprint density at radius 3 is 2.53 bits per heavy atom. The molecule has 2 rings (SSSR count). The van der Waals surface area contributed by atoms with Crippen LogP contribution in [-0.4, -0.2) is 37.5 Å². The number of hydrogen-bond acceptors (Lipinski definition) is 4. The third-order valence-electron chi connectivity index (χ3n) is 3.42.